The van der Waals surface area contributed by atoms with Crippen LogP contribution in [0.5, 0.6) is 0 Å². The van der Waals surface area contributed by atoms with Crippen LogP contribution >= 0.6 is 0 Å². The molecule has 0 radical (unpaired) electrons. The summed E-state index contributed by atoms with van der Waals surface area (Å²) in [7, 11) is 0. The molecular formula is C20H20N2O3. The number of carbonyl (C=O) groups is 3. The van der Waals surface area contributed by atoms with Crippen molar-refractivity contribution in [1.82, 2.24) is 9.80 Å². The molecule has 3 rings (SSSR count). The molecule has 1 heterocycles. The number of nitrogens with zero attached hydrogens (tertiary/aromatic N) is 2. The largest absolute Gasteiger partial charge is 0.339 e. The van der Waals surface area contributed by atoms with Gasteiger partial charge < -0.3 is 4.90 Å². The van der Waals surface area contributed by atoms with E-state index in [0.717, 1.165) is 5.56 Å². The first-order chi connectivity index (χ1) is 12.1. The predicted molar refractivity (Wildman–Crippen MR) is 94.3 cm³/mol. The second kappa shape index (κ2) is 6.89. The van der Waals surface area contributed by atoms with Crippen LogP contribution in [0, 0.1) is 0 Å². The van der Waals surface area contributed by atoms with Gasteiger partial charge in [0, 0.05) is 18.7 Å². The van der Waals surface area contributed by atoms with Crippen molar-refractivity contribution >= 4 is 17.7 Å². The summed E-state index contributed by atoms with van der Waals surface area (Å²) in [4.78, 5) is 40.1. The molecule has 128 valence electrons. The molecule has 0 spiro atoms. The second-order valence-electron chi connectivity index (χ2n) is 5.92. The highest BCUT2D eigenvalue weighted by Gasteiger charge is 2.34. The highest BCUT2D eigenvalue weighted by molar-refractivity contribution is 6.21. The summed E-state index contributed by atoms with van der Waals surface area (Å²) in [5.74, 6) is -0.565. The van der Waals surface area contributed by atoms with E-state index >= 15 is 0 Å². The van der Waals surface area contributed by atoms with Crippen LogP contribution in [0.1, 0.15) is 50.5 Å². The molecule has 0 aromatic heterocycles. The van der Waals surface area contributed by atoms with E-state index in [1.807, 2.05) is 13.8 Å². The summed E-state index contributed by atoms with van der Waals surface area (Å²) < 4.78 is 0. The van der Waals surface area contributed by atoms with Crippen molar-refractivity contribution in [3.05, 3.63) is 70.8 Å². The maximum Gasteiger partial charge on any atom is 0.261 e. The Morgan fingerprint density at radius 3 is 1.88 bits per heavy atom. The van der Waals surface area contributed by atoms with Crippen LogP contribution in [0.4, 0.5) is 0 Å². The molecule has 0 aliphatic carbocycles. The normalized spacial score (nSPS) is 13.1. The fourth-order valence-electron chi connectivity index (χ4n) is 3.01. The zero-order chi connectivity index (χ0) is 18.0. The van der Waals surface area contributed by atoms with Crippen molar-refractivity contribution in [2.24, 2.45) is 0 Å². The molecule has 2 aromatic carbocycles. The molecule has 0 unspecified atom stereocenters. The number of hydrogen-bond donors (Lipinski definition) is 0. The van der Waals surface area contributed by atoms with E-state index in [1.165, 1.54) is 4.90 Å². The number of benzene rings is 2. The lowest BCUT2D eigenvalue weighted by atomic mass is 10.1. The third kappa shape index (κ3) is 3.05. The smallest absolute Gasteiger partial charge is 0.261 e. The van der Waals surface area contributed by atoms with Crippen molar-refractivity contribution in [2.75, 3.05) is 13.1 Å². The van der Waals surface area contributed by atoms with Crippen molar-refractivity contribution in [2.45, 2.75) is 20.4 Å². The van der Waals surface area contributed by atoms with Gasteiger partial charge in [0.1, 0.15) is 0 Å². The molecule has 0 saturated carbocycles. The van der Waals surface area contributed by atoms with Crippen LogP contribution in [0.15, 0.2) is 48.5 Å². The highest BCUT2D eigenvalue weighted by Crippen LogP contribution is 2.24. The van der Waals surface area contributed by atoms with Gasteiger partial charge in [-0.2, -0.15) is 0 Å². The molecule has 2 aromatic rings. The van der Waals surface area contributed by atoms with Gasteiger partial charge in [-0.15, -0.1) is 0 Å². The molecule has 0 saturated heterocycles. The summed E-state index contributed by atoms with van der Waals surface area (Å²) in [6.07, 6.45) is 0. The van der Waals surface area contributed by atoms with Crippen molar-refractivity contribution in [3.8, 4) is 0 Å². The maximum atomic E-state index is 12.4. The van der Waals surface area contributed by atoms with E-state index in [-0.39, 0.29) is 24.3 Å². The van der Waals surface area contributed by atoms with Gasteiger partial charge in [-0.25, -0.2) is 0 Å². The van der Waals surface area contributed by atoms with Crippen molar-refractivity contribution in [1.29, 1.82) is 0 Å². The molecule has 3 amide bonds. The van der Waals surface area contributed by atoms with Crippen molar-refractivity contribution < 1.29 is 14.4 Å². The van der Waals surface area contributed by atoms with E-state index in [0.29, 0.717) is 29.8 Å². The van der Waals surface area contributed by atoms with Gasteiger partial charge in [-0.1, -0.05) is 24.3 Å². The lowest BCUT2D eigenvalue weighted by Crippen LogP contribution is -2.30. The number of rotatable bonds is 5. The van der Waals surface area contributed by atoms with E-state index in [9.17, 15) is 14.4 Å². The fourth-order valence-corrected chi connectivity index (χ4v) is 3.01. The summed E-state index contributed by atoms with van der Waals surface area (Å²) >= 11 is 0. The van der Waals surface area contributed by atoms with Crippen LogP contribution in [0.2, 0.25) is 0 Å². The number of carbonyl (C=O) groups excluding carboxylic acids is 3. The number of imide groups is 1. The summed E-state index contributed by atoms with van der Waals surface area (Å²) in [6, 6.07) is 13.9. The Balaban J connectivity index is 1.76. The molecule has 5 nitrogen and oxygen atoms in total. The Bertz CT molecular complexity index is 788. The van der Waals surface area contributed by atoms with E-state index in [1.54, 1.807) is 53.4 Å². The third-order valence-electron chi connectivity index (χ3n) is 4.47. The molecule has 5 heteroatoms. The Kier molecular flexibility index (Phi) is 4.65. The average Bonchev–Trinajstić information content (AvgIpc) is 2.88. The molecule has 1 aliphatic heterocycles. The van der Waals surface area contributed by atoms with Crippen LogP contribution in [-0.4, -0.2) is 40.6 Å². The first-order valence-electron chi connectivity index (χ1n) is 8.40. The molecule has 25 heavy (non-hydrogen) atoms. The van der Waals surface area contributed by atoms with Crippen molar-refractivity contribution in [3.63, 3.8) is 0 Å². The van der Waals surface area contributed by atoms with Gasteiger partial charge in [-0.05, 0) is 43.7 Å². The Morgan fingerprint density at radius 2 is 1.40 bits per heavy atom. The average molecular weight is 336 g/mol. The minimum atomic E-state index is -0.274. The standard InChI is InChI=1S/C20H20N2O3/c1-3-21(4-2)18(23)15-11-9-14(10-12-15)13-22-19(24)16-7-5-6-8-17(16)20(22)25/h5-12H,3-4,13H2,1-2H3. The second-order valence-corrected chi connectivity index (χ2v) is 5.92. The Labute approximate surface area is 146 Å². The fraction of sp³-hybridized carbons (Fsp3) is 0.250. The van der Waals surface area contributed by atoms with Gasteiger partial charge in [0.25, 0.3) is 17.7 Å². The van der Waals surface area contributed by atoms with Gasteiger partial charge >= 0.3 is 0 Å². The lowest BCUT2D eigenvalue weighted by molar-refractivity contribution is 0.0641. The minimum Gasteiger partial charge on any atom is -0.339 e. The van der Waals surface area contributed by atoms with Gasteiger partial charge in [-0.3, -0.25) is 19.3 Å². The highest BCUT2D eigenvalue weighted by atomic mass is 16.2. The topological polar surface area (TPSA) is 57.7 Å². The maximum absolute atomic E-state index is 12.4. The first kappa shape index (κ1) is 16.9. The number of fused-ring (bicyclic) bond motifs is 1. The lowest BCUT2D eigenvalue weighted by Gasteiger charge is -2.19. The summed E-state index contributed by atoms with van der Waals surface area (Å²) in [5, 5.41) is 0. The van der Waals surface area contributed by atoms with Gasteiger partial charge in [0.2, 0.25) is 0 Å². The minimum absolute atomic E-state index is 0.0164. The van der Waals surface area contributed by atoms with Gasteiger partial charge in [0.15, 0.2) is 0 Å². The van der Waals surface area contributed by atoms with Crippen LogP contribution in [-0.2, 0) is 6.54 Å². The van der Waals surface area contributed by atoms with E-state index < -0.39 is 0 Å². The SMILES string of the molecule is CCN(CC)C(=O)c1ccc(CN2C(=O)c3ccccc3C2=O)cc1. The van der Waals surface area contributed by atoms with Crippen LogP contribution < -0.4 is 0 Å². The van der Waals surface area contributed by atoms with Crippen LogP contribution in [0.25, 0.3) is 0 Å². The monoisotopic (exact) mass is 336 g/mol. The van der Waals surface area contributed by atoms with E-state index in [2.05, 4.69) is 0 Å². The quantitative estimate of drug-likeness (QED) is 0.789. The zero-order valence-electron chi connectivity index (χ0n) is 14.4. The molecule has 1 aliphatic rings. The molecule has 0 fully saturated rings. The number of amides is 3. The van der Waals surface area contributed by atoms with E-state index in [4.69, 9.17) is 0 Å². The molecular weight excluding hydrogens is 316 g/mol. The summed E-state index contributed by atoms with van der Waals surface area (Å²) in [6.45, 7) is 5.40. The zero-order valence-corrected chi connectivity index (χ0v) is 14.4. The molecule has 0 atom stereocenters. The van der Waals surface area contributed by atoms with Gasteiger partial charge in [0.05, 0.1) is 17.7 Å². The third-order valence-corrected chi connectivity index (χ3v) is 4.47. The Morgan fingerprint density at radius 1 is 0.880 bits per heavy atom. The number of hydrogen-bond acceptors (Lipinski definition) is 3. The molecule has 0 N–H and O–H groups in total. The Hall–Kier alpha value is -2.95. The molecule has 0 bridgehead atoms. The predicted octanol–water partition coefficient (Wildman–Crippen LogP) is 2.96. The summed E-state index contributed by atoms with van der Waals surface area (Å²) in [5.41, 5.74) is 2.31. The first-order valence-corrected chi connectivity index (χ1v) is 8.40. The van der Waals surface area contributed by atoms with Crippen LogP contribution in [0.3, 0.4) is 0 Å².